The van der Waals surface area contributed by atoms with E-state index in [9.17, 15) is 0 Å². The lowest BCUT2D eigenvalue weighted by atomic mass is 9.95. The highest BCUT2D eigenvalue weighted by atomic mass is 16.5. The molecule has 0 fully saturated rings. The van der Waals surface area contributed by atoms with E-state index in [1.54, 1.807) is 14.2 Å². The van der Waals surface area contributed by atoms with Crippen molar-refractivity contribution in [3.63, 3.8) is 0 Å². The third kappa shape index (κ3) is 2.54. The van der Waals surface area contributed by atoms with Crippen LogP contribution in [0, 0.1) is 13.8 Å². The van der Waals surface area contributed by atoms with Gasteiger partial charge in [-0.3, -0.25) is 0 Å². The predicted octanol–water partition coefficient (Wildman–Crippen LogP) is 2.35. The van der Waals surface area contributed by atoms with Crippen molar-refractivity contribution in [3.05, 3.63) is 28.8 Å². The van der Waals surface area contributed by atoms with Gasteiger partial charge in [0.2, 0.25) is 0 Å². The van der Waals surface area contributed by atoms with E-state index >= 15 is 0 Å². The van der Waals surface area contributed by atoms with Crippen LogP contribution < -0.4 is 10.5 Å². The van der Waals surface area contributed by atoms with E-state index in [1.807, 2.05) is 26.8 Å². The molecule has 16 heavy (non-hydrogen) atoms. The van der Waals surface area contributed by atoms with Crippen LogP contribution in [0.25, 0.3) is 0 Å². The maximum Gasteiger partial charge on any atom is 0.124 e. The molecule has 0 aliphatic carbocycles. The molecule has 2 atom stereocenters. The third-order valence-electron chi connectivity index (χ3n) is 2.92. The van der Waals surface area contributed by atoms with Gasteiger partial charge in [0.15, 0.2) is 0 Å². The average Bonchev–Trinajstić information content (AvgIpc) is 2.26. The van der Waals surface area contributed by atoms with Crippen molar-refractivity contribution in [2.24, 2.45) is 5.73 Å². The fraction of sp³-hybridized carbons (Fsp3) is 0.538. The molecule has 0 bridgehead atoms. The van der Waals surface area contributed by atoms with Crippen molar-refractivity contribution in [3.8, 4) is 5.75 Å². The molecule has 3 heteroatoms. The zero-order chi connectivity index (χ0) is 12.3. The van der Waals surface area contributed by atoms with Crippen molar-refractivity contribution < 1.29 is 9.47 Å². The first-order chi connectivity index (χ1) is 7.51. The van der Waals surface area contributed by atoms with Gasteiger partial charge in [-0.1, -0.05) is 6.07 Å². The number of hydrogen-bond donors (Lipinski definition) is 1. The van der Waals surface area contributed by atoms with Gasteiger partial charge < -0.3 is 15.2 Å². The number of aryl methyl sites for hydroxylation is 2. The molecule has 0 saturated heterocycles. The molecule has 0 aliphatic rings. The van der Waals surface area contributed by atoms with Crippen LogP contribution in [0.1, 0.15) is 29.7 Å². The molecular formula is C13H21NO2. The Kier molecular flexibility index (Phi) is 4.33. The summed E-state index contributed by atoms with van der Waals surface area (Å²) in [5, 5.41) is 0. The topological polar surface area (TPSA) is 44.5 Å². The second-order valence-electron chi connectivity index (χ2n) is 4.16. The van der Waals surface area contributed by atoms with E-state index in [0.717, 1.165) is 16.9 Å². The number of benzene rings is 1. The normalized spacial score (nSPS) is 14.6. The smallest absolute Gasteiger partial charge is 0.124 e. The Morgan fingerprint density at radius 2 is 1.81 bits per heavy atom. The van der Waals surface area contributed by atoms with Crippen molar-refractivity contribution in [2.75, 3.05) is 14.2 Å². The zero-order valence-corrected chi connectivity index (χ0v) is 10.7. The lowest BCUT2D eigenvalue weighted by Gasteiger charge is -2.23. The molecule has 0 saturated carbocycles. The van der Waals surface area contributed by atoms with Crippen molar-refractivity contribution in [1.29, 1.82) is 0 Å². The summed E-state index contributed by atoms with van der Waals surface area (Å²) in [4.78, 5) is 0. The number of nitrogens with two attached hydrogens (primary N) is 1. The Bertz CT molecular complexity index is 363. The SMILES string of the molecule is COc1cc(C)cc(C)c1C(N)C(C)OC. The Morgan fingerprint density at radius 1 is 1.19 bits per heavy atom. The first-order valence-electron chi connectivity index (χ1n) is 5.44. The third-order valence-corrected chi connectivity index (χ3v) is 2.92. The fourth-order valence-corrected chi connectivity index (χ4v) is 1.92. The minimum Gasteiger partial charge on any atom is -0.496 e. The van der Waals surface area contributed by atoms with Crippen LogP contribution in [0.2, 0.25) is 0 Å². The number of hydrogen-bond acceptors (Lipinski definition) is 3. The molecule has 0 aliphatic heterocycles. The summed E-state index contributed by atoms with van der Waals surface area (Å²) in [5.41, 5.74) is 9.52. The van der Waals surface area contributed by atoms with E-state index in [2.05, 4.69) is 6.07 Å². The number of methoxy groups -OCH3 is 2. The lowest BCUT2D eigenvalue weighted by molar-refractivity contribution is 0.0946. The Labute approximate surface area is 97.6 Å². The maximum absolute atomic E-state index is 6.17. The summed E-state index contributed by atoms with van der Waals surface area (Å²) in [6.07, 6.45) is -0.0321. The highest BCUT2D eigenvalue weighted by molar-refractivity contribution is 5.45. The summed E-state index contributed by atoms with van der Waals surface area (Å²) in [6, 6.07) is 3.95. The summed E-state index contributed by atoms with van der Waals surface area (Å²) >= 11 is 0. The van der Waals surface area contributed by atoms with Gasteiger partial charge in [-0.05, 0) is 38.0 Å². The molecule has 2 N–H and O–H groups in total. The minimum atomic E-state index is -0.166. The highest BCUT2D eigenvalue weighted by Gasteiger charge is 2.20. The second kappa shape index (κ2) is 5.32. The van der Waals surface area contributed by atoms with E-state index in [1.165, 1.54) is 5.56 Å². The molecule has 0 spiro atoms. The molecule has 0 radical (unpaired) electrons. The monoisotopic (exact) mass is 223 g/mol. The summed E-state index contributed by atoms with van der Waals surface area (Å²) in [6.45, 7) is 6.06. The average molecular weight is 223 g/mol. The molecular weight excluding hydrogens is 202 g/mol. The quantitative estimate of drug-likeness (QED) is 0.852. The van der Waals surface area contributed by atoms with E-state index in [-0.39, 0.29) is 12.1 Å². The molecule has 1 rings (SSSR count). The van der Waals surface area contributed by atoms with Crippen LogP contribution in [0.5, 0.6) is 5.75 Å². The van der Waals surface area contributed by atoms with Crippen LogP contribution in [0.15, 0.2) is 12.1 Å². The predicted molar refractivity (Wildman–Crippen MR) is 65.9 cm³/mol. The largest absolute Gasteiger partial charge is 0.496 e. The van der Waals surface area contributed by atoms with Gasteiger partial charge in [0.25, 0.3) is 0 Å². The number of rotatable bonds is 4. The first-order valence-corrected chi connectivity index (χ1v) is 5.44. The van der Waals surface area contributed by atoms with Crippen LogP contribution >= 0.6 is 0 Å². The Hall–Kier alpha value is -1.06. The summed E-state index contributed by atoms with van der Waals surface area (Å²) in [7, 11) is 3.34. The molecule has 3 nitrogen and oxygen atoms in total. The highest BCUT2D eigenvalue weighted by Crippen LogP contribution is 2.31. The van der Waals surface area contributed by atoms with Gasteiger partial charge >= 0.3 is 0 Å². The molecule has 0 heterocycles. The van der Waals surface area contributed by atoms with Crippen LogP contribution in [0.3, 0.4) is 0 Å². The van der Waals surface area contributed by atoms with Crippen molar-refractivity contribution >= 4 is 0 Å². The van der Waals surface area contributed by atoms with Crippen LogP contribution in [-0.2, 0) is 4.74 Å². The summed E-state index contributed by atoms with van der Waals surface area (Å²) in [5.74, 6) is 0.842. The summed E-state index contributed by atoms with van der Waals surface area (Å²) < 4.78 is 10.7. The van der Waals surface area contributed by atoms with Crippen molar-refractivity contribution in [1.82, 2.24) is 0 Å². The fourth-order valence-electron chi connectivity index (χ4n) is 1.92. The second-order valence-corrected chi connectivity index (χ2v) is 4.16. The van der Waals surface area contributed by atoms with E-state index < -0.39 is 0 Å². The van der Waals surface area contributed by atoms with Gasteiger partial charge in [-0.2, -0.15) is 0 Å². The van der Waals surface area contributed by atoms with Gasteiger partial charge in [0, 0.05) is 12.7 Å². The van der Waals surface area contributed by atoms with E-state index in [4.69, 9.17) is 15.2 Å². The lowest BCUT2D eigenvalue weighted by Crippen LogP contribution is -2.26. The standard InChI is InChI=1S/C13H21NO2/c1-8-6-9(2)12(11(7-8)16-5)13(14)10(3)15-4/h6-7,10,13H,14H2,1-5H3. The minimum absolute atomic E-state index is 0.0321. The number of ether oxygens (including phenoxy) is 2. The Balaban J connectivity index is 3.20. The van der Waals surface area contributed by atoms with Gasteiger partial charge in [0.05, 0.1) is 19.3 Å². The first kappa shape index (κ1) is 13.0. The molecule has 1 aromatic carbocycles. The van der Waals surface area contributed by atoms with Gasteiger partial charge in [0.1, 0.15) is 5.75 Å². The zero-order valence-electron chi connectivity index (χ0n) is 10.7. The molecule has 0 aromatic heterocycles. The van der Waals surface area contributed by atoms with E-state index in [0.29, 0.717) is 0 Å². The van der Waals surface area contributed by atoms with Gasteiger partial charge in [-0.25, -0.2) is 0 Å². The molecule has 90 valence electrons. The van der Waals surface area contributed by atoms with Gasteiger partial charge in [-0.15, -0.1) is 0 Å². The molecule has 1 aromatic rings. The van der Waals surface area contributed by atoms with Crippen molar-refractivity contribution in [2.45, 2.75) is 32.9 Å². The Morgan fingerprint density at radius 3 is 2.31 bits per heavy atom. The van der Waals surface area contributed by atoms with Crippen LogP contribution in [-0.4, -0.2) is 20.3 Å². The molecule has 2 unspecified atom stereocenters. The molecule has 0 amide bonds. The maximum atomic E-state index is 6.17. The van der Waals surface area contributed by atoms with Crippen LogP contribution in [0.4, 0.5) is 0 Å².